The van der Waals surface area contributed by atoms with Gasteiger partial charge in [0.05, 0.1) is 17.0 Å². The molecule has 0 saturated carbocycles. The number of hydrogen-bond acceptors (Lipinski definition) is 4. The standard InChI is InChI=1S/C14H19N3O3/c1-3-11-10(8-9(2)15-16-11)13(18)17-7-5-4-6-12(17)14(19)20/h8,12H,3-7H2,1-2H3,(H,19,20)/t12-/m1/s1. The molecule has 1 aliphatic heterocycles. The fourth-order valence-corrected chi connectivity index (χ4v) is 2.55. The van der Waals surface area contributed by atoms with Gasteiger partial charge in [-0.2, -0.15) is 10.2 Å². The van der Waals surface area contributed by atoms with Crippen molar-refractivity contribution in [3.63, 3.8) is 0 Å². The third-order valence-electron chi connectivity index (χ3n) is 3.61. The van der Waals surface area contributed by atoms with Gasteiger partial charge in [-0.1, -0.05) is 6.92 Å². The van der Waals surface area contributed by atoms with Crippen LogP contribution in [0.4, 0.5) is 0 Å². The van der Waals surface area contributed by atoms with E-state index in [1.807, 2.05) is 6.92 Å². The number of carboxylic acids is 1. The lowest BCUT2D eigenvalue weighted by Gasteiger charge is -2.33. The van der Waals surface area contributed by atoms with Crippen LogP contribution >= 0.6 is 0 Å². The highest BCUT2D eigenvalue weighted by atomic mass is 16.4. The largest absolute Gasteiger partial charge is 0.480 e. The number of amides is 1. The van der Waals surface area contributed by atoms with E-state index in [0.29, 0.717) is 36.3 Å². The van der Waals surface area contributed by atoms with Gasteiger partial charge >= 0.3 is 5.97 Å². The molecule has 0 bridgehead atoms. The molecule has 1 aliphatic rings. The summed E-state index contributed by atoms with van der Waals surface area (Å²) in [6, 6.07) is 0.969. The van der Waals surface area contributed by atoms with Crippen LogP contribution < -0.4 is 0 Å². The number of carbonyl (C=O) groups is 2. The Hall–Kier alpha value is -1.98. The average molecular weight is 277 g/mol. The van der Waals surface area contributed by atoms with Crippen molar-refractivity contribution in [1.82, 2.24) is 15.1 Å². The predicted octanol–water partition coefficient (Wildman–Crippen LogP) is 1.43. The second-order valence-electron chi connectivity index (χ2n) is 5.05. The number of aromatic nitrogens is 2. The lowest BCUT2D eigenvalue weighted by molar-refractivity contribution is -0.143. The highest BCUT2D eigenvalue weighted by Crippen LogP contribution is 2.21. The van der Waals surface area contributed by atoms with Crippen LogP contribution in [-0.4, -0.2) is 44.7 Å². The van der Waals surface area contributed by atoms with Gasteiger partial charge in [0.1, 0.15) is 6.04 Å². The summed E-state index contributed by atoms with van der Waals surface area (Å²) in [4.78, 5) is 25.4. The summed E-state index contributed by atoms with van der Waals surface area (Å²) in [5.74, 6) is -1.18. The van der Waals surface area contributed by atoms with Crippen LogP contribution in [0.2, 0.25) is 0 Å². The SMILES string of the molecule is CCc1nnc(C)cc1C(=O)N1CCCC[C@@H]1C(=O)O. The Kier molecular flexibility index (Phi) is 4.32. The number of carboxylic acid groups (broad SMARTS) is 1. The van der Waals surface area contributed by atoms with Gasteiger partial charge in [-0.25, -0.2) is 4.79 Å². The lowest BCUT2D eigenvalue weighted by Crippen LogP contribution is -2.48. The van der Waals surface area contributed by atoms with E-state index in [4.69, 9.17) is 0 Å². The maximum Gasteiger partial charge on any atom is 0.326 e. The fraction of sp³-hybridized carbons (Fsp3) is 0.571. The van der Waals surface area contributed by atoms with Crippen molar-refractivity contribution in [3.8, 4) is 0 Å². The van der Waals surface area contributed by atoms with Crippen molar-refractivity contribution in [1.29, 1.82) is 0 Å². The minimum Gasteiger partial charge on any atom is -0.480 e. The highest BCUT2D eigenvalue weighted by molar-refractivity contribution is 5.97. The summed E-state index contributed by atoms with van der Waals surface area (Å²) < 4.78 is 0. The van der Waals surface area contributed by atoms with Crippen LogP contribution in [-0.2, 0) is 11.2 Å². The molecule has 0 aromatic carbocycles. The van der Waals surface area contributed by atoms with E-state index in [1.165, 1.54) is 4.90 Å². The number of aliphatic carboxylic acids is 1. The zero-order valence-electron chi connectivity index (χ0n) is 11.8. The van der Waals surface area contributed by atoms with Crippen molar-refractivity contribution in [2.24, 2.45) is 0 Å². The van der Waals surface area contributed by atoms with Crippen molar-refractivity contribution >= 4 is 11.9 Å². The first-order valence-electron chi connectivity index (χ1n) is 6.91. The molecule has 0 radical (unpaired) electrons. The van der Waals surface area contributed by atoms with E-state index < -0.39 is 12.0 Å². The molecule has 108 valence electrons. The van der Waals surface area contributed by atoms with Crippen LogP contribution in [0, 0.1) is 6.92 Å². The Balaban J connectivity index is 2.34. The quantitative estimate of drug-likeness (QED) is 0.903. The van der Waals surface area contributed by atoms with E-state index in [0.717, 1.165) is 12.8 Å². The van der Waals surface area contributed by atoms with Crippen molar-refractivity contribution in [2.75, 3.05) is 6.54 Å². The summed E-state index contributed by atoms with van der Waals surface area (Å²) in [6.07, 6.45) is 2.80. The van der Waals surface area contributed by atoms with Gasteiger partial charge in [0.25, 0.3) is 5.91 Å². The molecule has 1 saturated heterocycles. The molecule has 1 aromatic heterocycles. The smallest absolute Gasteiger partial charge is 0.326 e. The molecule has 2 rings (SSSR count). The molecule has 1 amide bonds. The van der Waals surface area contributed by atoms with E-state index in [2.05, 4.69) is 10.2 Å². The predicted molar refractivity (Wildman–Crippen MR) is 72.5 cm³/mol. The number of rotatable bonds is 3. The summed E-state index contributed by atoms with van der Waals surface area (Å²) in [5.41, 5.74) is 1.76. The van der Waals surface area contributed by atoms with Gasteiger partial charge in [-0.05, 0) is 38.7 Å². The second-order valence-corrected chi connectivity index (χ2v) is 5.05. The maximum atomic E-state index is 12.6. The van der Waals surface area contributed by atoms with E-state index in [9.17, 15) is 14.7 Å². The number of likely N-dealkylation sites (tertiary alicyclic amines) is 1. The van der Waals surface area contributed by atoms with Crippen LogP contribution in [0.5, 0.6) is 0 Å². The number of carbonyl (C=O) groups excluding carboxylic acids is 1. The molecule has 0 unspecified atom stereocenters. The molecule has 1 aromatic rings. The Morgan fingerprint density at radius 3 is 2.80 bits per heavy atom. The topological polar surface area (TPSA) is 83.4 Å². The Labute approximate surface area is 117 Å². The minimum atomic E-state index is -0.935. The maximum absolute atomic E-state index is 12.6. The number of aryl methyl sites for hydroxylation is 2. The molecule has 1 atom stereocenters. The van der Waals surface area contributed by atoms with Gasteiger partial charge in [0, 0.05) is 6.54 Å². The lowest BCUT2D eigenvalue weighted by atomic mass is 10.00. The molecule has 0 aliphatic carbocycles. The Bertz CT molecular complexity index is 530. The van der Waals surface area contributed by atoms with Gasteiger partial charge in [0.2, 0.25) is 0 Å². The average Bonchev–Trinajstić information content (AvgIpc) is 2.46. The zero-order valence-corrected chi connectivity index (χ0v) is 11.8. The summed E-state index contributed by atoms with van der Waals surface area (Å²) in [6.45, 7) is 4.16. The molecule has 6 heteroatoms. The van der Waals surface area contributed by atoms with E-state index in [-0.39, 0.29) is 5.91 Å². The van der Waals surface area contributed by atoms with Gasteiger partial charge in [-0.15, -0.1) is 0 Å². The number of piperidine rings is 1. The number of nitrogens with zero attached hydrogens (tertiary/aromatic N) is 3. The minimum absolute atomic E-state index is 0.244. The van der Waals surface area contributed by atoms with Gasteiger partial charge < -0.3 is 10.0 Å². The van der Waals surface area contributed by atoms with Crippen LogP contribution in [0.15, 0.2) is 6.07 Å². The molecule has 20 heavy (non-hydrogen) atoms. The molecule has 2 heterocycles. The highest BCUT2D eigenvalue weighted by Gasteiger charge is 2.33. The van der Waals surface area contributed by atoms with E-state index in [1.54, 1.807) is 13.0 Å². The third-order valence-corrected chi connectivity index (χ3v) is 3.61. The molecule has 1 N–H and O–H groups in total. The van der Waals surface area contributed by atoms with E-state index >= 15 is 0 Å². The van der Waals surface area contributed by atoms with Crippen LogP contribution in [0.25, 0.3) is 0 Å². The molecule has 6 nitrogen and oxygen atoms in total. The van der Waals surface area contributed by atoms with Gasteiger partial charge in [-0.3, -0.25) is 4.79 Å². The Morgan fingerprint density at radius 1 is 1.40 bits per heavy atom. The summed E-state index contributed by atoms with van der Waals surface area (Å²) in [7, 11) is 0. The molecule has 1 fully saturated rings. The fourth-order valence-electron chi connectivity index (χ4n) is 2.55. The number of hydrogen-bond donors (Lipinski definition) is 1. The van der Waals surface area contributed by atoms with Crippen molar-refractivity contribution < 1.29 is 14.7 Å². The van der Waals surface area contributed by atoms with Crippen LogP contribution in [0.1, 0.15) is 47.9 Å². The van der Waals surface area contributed by atoms with Crippen LogP contribution in [0.3, 0.4) is 0 Å². The molecular formula is C14H19N3O3. The first kappa shape index (κ1) is 14.4. The zero-order chi connectivity index (χ0) is 14.7. The van der Waals surface area contributed by atoms with Crippen molar-refractivity contribution in [2.45, 2.75) is 45.6 Å². The first-order valence-corrected chi connectivity index (χ1v) is 6.91. The Morgan fingerprint density at radius 2 is 2.15 bits per heavy atom. The van der Waals surface area contributed by atoms with Gasteiger partial charge in [0.15, 0.2) is 0 Å². The molecule has 0 spiro atoms. The monoisotopic (exact) mass is 277 g/mol. The summed E-state index contributed by atoms with van der Waals surface area (Å²) >= 11 is 0. The molecular weight excluding hydrogens is 258 g/mol. The van der Waals surface area contributed by atoms with Crippen molar-refractivity contribution in [3.05, 3.63) is 23.0 Å². The first-order chi connectivity index (χ1) is 9.54. The summed E-state index contributed by atoms with van der Waals surface area (Å²) in [5, 5.41) is 17.3. The third kappa shape index (κ3) is 2.79. The normalized spacial score (nSPS) is 18.9. The second kappa shape index (κ2) is 5.98.